The molecule has 0 bridgehead atoms. The summed E-state index contributed by atoms with van der Waals surface area (Å²) in [6.45, 7) is 1.63. The normalized spacial score (nSPS) is 11.4. The number of hydrogen-bond donors (Lipinski definition) is 0. The van der Waals surface area contributed by atoms with Crippen LogP contribution < -0.4 is 9.74 Å². The molecule has 25 heavy (non-hydrogen) atoms. The van der Waals surface area contributed by atoms with Gasteiger partial charge in [0.05, 0.1) is 18.4 Å². The van der Waals surface area contributed by atoms with Crippen molar-refractivity contribution in [3.8, 4) is 11.4 Å². The smallest absolute Gasteiger partial charge is 0.384 e. The predicted octanol–water partition coefficient (Wildman–Crippen LogP) is 0.594. The summed E-state index contributed by atoms with van der Waals surface area (Å²) in [4.78, 5) is 24.4. The first-order chi connectivity index (χ1) is 11.8. The number of carbonyl (C=O) groups is 1. The monoisotopic (exact) mass is 367 g/mol. The van der Waals surface area contributed by atoms with Gasteiger partial charge in [-0.2, -0.15) is 22.5 Å². The second kappa shape index (κ2) is 7.45. The van der Waals surface area contributed by atoms with E-state index in [9.17, 15) is 18.0 Å². The second-order valence-corrected chi connectivity index (χ2v) is 6.74. The Hall–Kier alpha value is -2.72. The lowest BCUT2D eigenvalue weighted by Gasteiger charge is -2.14. The molecule has 0 radical (unpaired) electrons. The van der Waals surface area contributed by atoms with Crippen molar-refractivity contribution in [3.05, 3.63) is 52.4 Å². The SMILES string of the molecule is CCOC(=O)c1nn(-c2ccccc2)c(=O)cc1OS(=O)(=O)N(C)C. The molecule has 0 aliphatic carbocycles. The maximum atomic E-state index is 12.3. The minimum atomic E-state index is -4.18. The molecule has 0 spiro atoms. The molecule has 0 atom stereocenters. The van der Waals surface area contributed by atoms with Crippen LogP contribution in [0.3, 0.4) is 0 Å². The van der Waals surface area contributed by atoms with Crippen LogP contribution >= 0.6 is 0 Å². The highest BCUT2D eigenvalue weighted by Crippen LogP contribution is 2.19. The Morgan fingerprint density at radius 1 is 1.24 bits per heavy atom. The topological polar surface area (TPSA) is 108 Å². The van der Waals surface area contributed by atoms with E-state index < -0.39 is 33.3 Å². The van der Waals surface area contributed by atoms with Crippen molar-refractivity contribution >= 4 is 16.3 Å². The standard InChI is InChI=1S/C15H17N3O6S/c1-4-23-15(20)14-12(24-25(21,22)17(2)3)10-13(19)18(16-14)11-8-6-5-7-9-11/h5-10H,4H2,1-3H3. The molecule has 0 saturated heterocycles. The van der Waals surface area contributed by atoms with E-state index in [1.54, 1.807) is 37.3 Å². The zero-order chi connectivity index (χ0) is 18.6. The third kappa shape index (κ3) is 4.22. The van der Waals surface area contributed by atoms with Gasteiger partial charge in [-0.25, -0.2) is 4.79 Å². The molecule has 0 aliphatic rings. The number of rotatable bonds is 6. The molecular formula is C15H17N3O6S. The van der Waals surface area contributed by atoms with Crippen molar-refractivity contribution in [1.82, 2.24) is 14.1 Å². The largest absolute Gasteiger partial charge is 0.461 e. The van der Waals surface area contributed by atoms with Gasteiger partial charge < -0.3 is 8.92 Å². The Labute approximate surface area is 144 Å². The first kappa shape index (κ1) is 18.6. The van der Waals surface area contributed by atoms with Gasteiger partial charge in [-0.1, -0.05) is 18.2 Å². The number of para-hydroxylation sites is 1. The molecule has 0 fully saturated rings. The summed E-state index contributed by atoms with van der Waals surface area (Å²) in [5.74, 6) is -1.40. The van der Waals surface area contributed by atoms with Crippen LogP contribution in [0, 0.1) is 0 Å². The van der Waals surface area contributed by atoms with Gasteiger partial charge in [-0.05, 0) is 19.1 Å². The Morgan fingerprint density at radius 2 is 1.88 bits per heavy atom. The number of carbonyl (C=O) groups excluding carboxylic acids is 1. The molecule has 0 N–H and O–H groups in total. The van der Waals surface area contributed by atoms with E-state index in [4.69, 9.17) is 8.92 Å². The van der Waals surface area contributed by atoms with Gasteiger partial charge in [0, 0.05) is 14.1 Å². The molecule has 2 aromatic rings. The lowest BCUT2D eigenvalue weighted by Crippen LogP contribution is -2.30. The number of esters is 1. The van der Waals surface area contributed by atoms with Crippen molar-refractivity contribution in [2.75, 3.05) is 20.7 Å². The maximum absolute atomic E-state index is 12.3. The van der Waals surface area contributed by atoms with E-state index in [-0.39, 0.29) is 6.61 Å². The summed E-state index contributed by atoms with van der Waals surface area (Å²) in [6, 6.07) is 9.24. The number of nitrogens with zero attached hydrogens (tertiary/aromatic N) is 3. The zero-order valence-corrected chi connectivity index (χ0v) is 14.7. The molecule has 0 aliphatic heterocycles. The minimum absolute atomic E-state index is 0.0465. The number of ether oxygens (including phenoxy) is 1. The highest BCUT2D eigenvalue weighted by Gasteiger charge is 2.25. The zero-order valence-electron chi connectivity index (χ0n) is 13.9. The molecule has 1 aromatic carbocycles. The average molecular weight is 367 g/mol. The van der Waals surface area contributed by atoms with Crippen molar-refractivity contribution in [2.45, 2.75) is 6.92 Å². The lowest BCUT2D eigenvalue weighted by molar-refractivity contribution is 0.0515. The van der Waals surface area contributed by atoms with E-state index in [1.165, 1.54) is 14.1 Å². The van der Waals surface area contributed by atoms with Gasteiger partial charge in [0.1, 0.15) is 0 Å². The average Bonchev–Trinajstić information content (AvgIpc) is 2.55. The molecule has 1 aromatic heterocycles. The summed E-state index contributed by atoms with van der Waals surface area (Å²) >= 11 is 0. The molecule has 0 saturated carbocycles. The second-order valence-electron chi connectivity index (χ2n) is 4.99. The fraction of sp³-hybridized carbons (Fsp3) is 0.267. The third-order valence-electron chi connectivity index (χ3n) is 3.01. The summed E-state index contributed by atoms with van der Waals surface area (Å²) in [5.41, 5.74) is -0.681. The van der Waals surface area contributed by atoms with Crippen LogP contribution in [0.1, 0.15) is 17.4 Å². The van der Waals surface area contributed by atoms with Gasteiger partial charge in [-0.15, -0.1) is 0 Å². The molecule has 0 amide bonds. The Balaban J connectivity index is 2.62. The molecule has 10 heteroatoms. The van der Waals surface area contributed by atoms with Crippen molar-refractivity contribution in [3.63, 3.8) is 0 Å². The molecule has 134 valence electrons. The third-order valence-corrected chi connectivity index (χ3v) is 4.29. The Kier molecular flexibility index (Phi) is 5.55. The van der Waals surface area contributed by atoms with Gasteiger partial charge in [-0.3, -0.25) is 4.79 Å². The highest BCUT2D eigenvalue weighted by molar-refractivity contribution is 7.84. The summed E-state index contributed by atoms with van der Waals surface area (Å²) in [5, 5.41) is 3.93. The van der Waals surface area contributed by atoms with Crippen LogP contribution in [0.4, 0.5) is 0 Å². The van der Waals surface area contributed by atoms with E-state index in [0.717, 1.165) is 15.1 Å². The van der Waals surface area contributed by atoms with Crippen molar-refractivity contribution < 1.29 is 22.1 Å². The first-order valence-corrected chi connectivity index (χ1v) is 8.61. The summed E-state index contributed by atoms with van der Waals surface area (Å²) in [7, 11) is -1.68. The Morgan fingerprint density at radius 3 is 2.44 bits per heavy atom. The lowest BCUT2D eigenvalue weighted by atomic mass is 10.3. The molecule has 9 nitrogen and oxygen atoms in total. The fourth-order valence-electron chi connectivity index (χ4n) is 1.79. The van der Waals surface area contributed by atoms with Gasteiger partial charge in [0.2, 0.25) is 5.69 Å². The van der Waals surface area contributed by atoms with E-state index >= 15 is 0 Å². The van der Waals surface area contributed by atoms with Gasteiger partial charge in [0.25, 0.3) is 5.56 Å². The van der Waals surface area contributed by atoms with Crippen LogP contribution in [0.5, 0.6) is 5.75 Å². The number of hydrogen-bond acceptors (Lipinski definition) is 7. The number of aromatic nitrogens is 2. The summed E-state index contributed by atoms with van der Waals surface area (Å²) < 4.78 is 35.3. The highest BCUT2D eigenvalue weighted by atomic mass is 32.2. The van der Waals surface area contributed by atoms with Crippen LogP contribution in [-0.2, 0) is 15.0 Å². The van der Waals surface area contributed by atoms with E-state index in [0.29, 0.717) is 5.69 Å². The molecule has 2 rings (SSSR count). The van der Waals surface area contributed by atoms with Crippen LogP contribution in [0.25, 0.3) is 5.69 Å². The quantitative estimate of drug-likeness (QED) is 0.688. The minimum Gasteiger partial charge on any atom is -0.461 e. The van der Waals surface area contributed by atoms with E-state index in [2.05, 4.69) is 5.10 Å². The summed E-state index contributed by atoms with van der Waals surface area (Å²) in [6.07, 6.45) is 0. The first-order valence-electron chi connectivity index (χ1n) is 7.25. The molecule has 1 heterocycles. The van der Waals surface area contributed by atoms with Gasteiger partial charge in [0.15, 0.2) is 5.75 Å². The van der Waals surface area contributed by atoms with Crippen LogP contribution in [-0.4, -0.2) is 49.2 Å². The van der Waals surface area contributed by atoms with Crippen LogP contribution in [0.15, 0.2) is 41.2 Å². The van der Waals surface area contributed by atoms with Crippen LogP contribution in [0.2, 0.25) is 0 Å². The number of benzene rings is 1. The van der Waals surface area contributed by atoms with E-state index in [1.807, 2.05) is 0 Å². The van der Waals surface area contributed by atoms with Gasteiger partial charge >= 0.3 is 16.3 Å². The van der Waals surface area contributed by atoms with Crippen molar-refractivity contribution in [1.29, 1.82) is 0 Å². The Bertz CT molecular complexity index is 922. The molecule has 0 unspecified atom stereocenters. The maximum Gasteiger partial charge on any atom is 0.384 e. The molecular weight excluding hydrogens is 350 g/mol. The van der Waals surface area contributed by atoms with Crippen molar-refractivity contribution in [2.24, 2.45) is 0 Å². The predicted molar refractivity (Wildman–Crippen MR) is 89.0 cm³/mol. The fourth-order valence-corrected chi connectivity index (χ4v) is 2.29.